The number of piperazine rings is 1. The summed E-state index contributed by atoms with van der Waals surface area (Å²) < 4.78 is 6.24. The molecule has 4 aliphatic heterocycles. The fourth-order valence-corrected chi connectivity index (χ4v) is 9.11. The summed E-state index contributed by atoms with van der Waals surface area (Å²) in [6.45, 7) is 10.3. The van der Waals surface area contributed by atoms with E-state index >= 15 is 0 Å². The lowest BCUT2D eigenvalue weighted by Crippen LogP contribution is -2.54. The van der Waals surface area contributed by atoms with E-state index in [-0.39, 0.29) is 18.7 Å². The van der Waals surface area contributed by atoms with Gasteiger partial charge in [-0.15, -0.1) is 0 Å². The SMILES string of the molecule is CC/C(=C(\c1ccc(OCCN2CCC(CN3CCN(c4ccc5c(c4)C(=O)N(C4CCC(=O)NC4=O)C5=O)CC3)CC2)cc1)c1ccc(B(O)O)cc1)c1ccccc1. The number of likely N-dealkylation sites (tertiary alicyclic amines) is 1. The molecule has 4 aliphatic rings. The number of benzene rings is 4. The van der Waals surface area contributed by atoms with Crippen molar-refractivity contribution in [3.8, 4) is 5.75 Å². The second-order valence-corrected chi connectivity index (χ2v) is 16.2. The zero-order valence-corrected chi connectivity index (χ0v) is 34.1. The van der Waals surface area contributed by atoms with Crippen molar-refractivity contribution in [2.45, 2.75) is 45.1 Å². The molecule has 4 heterocycles. The largest absolute Gasteiger partial charge is 0.492 e. The molecule has 4 amide bonds. The molecule has 3 N–H and O–H groups in total. The quantitative estimate of drug-likeness (QED) is 0.103. The molecule has 0 saturated carbocycles. The summed E-state index contributed by atoms with van der Waals surface area (Å²) in [7, 11) is -1.51. The summed E-state index contributed by atoms with van der Waals surface area (Å²) in [5.74, 6) is -0.476. The molecule has 1 unspecified atom stereocenters. The number of hydrogen-bond donors (Lipinski definition) is 3. The Morgan fingerprint density at radius 1 is 0.733 bits per heavy atom. The van der Waals surface area contributed by atoms with Crippen molar-refractivity contribution < 1.29 is 34.0 Å². The average molecular weight is 810 g/mol. The standard InChI is InChI=1S/C47H52BN5O7/c1-2-39(33-6-4-3-5-7-33)44(34-8-12-36(13-9-34)48(58)59)35-10-15-38(16-11-35)60-29-28-50-22-20-32(21-23-50)31-51-24-26-52(27-25-51)37-14-17-40-41(30-37)47(57)53(46(40)56)42-18-19-43(54)49-45(42)55/h3-17,30,32,42,58-59H,2,18-29,31H2,1H3,(H,49,54,55)/b44-39+. The molecule has 310 valence electrons. The number of allylic oxidation sites excluding steroid dienone is 1. The van der Waals surface area contributed by atoms with E-state index in [2.05, 4.69) is 63.3 Å². The van der Waals surface area contributed by atoms with Crippen LogP contribution in [0.5, 0.6) is 5.75 Å². The maximum absolute atomic E-state index is 13.3. The Labute approximate surface area is 351 Å². The van der Waals surface area contributed by atoms with Gasteiger partial charge in [0.1, 0.15) is 18.4 Å². The zero-order valence-electron chi connectivity index (χ0n) is 34.1. The number of piperidine rings is 2. The second-order valence-electron chi connectivity index (χ2n) is 16.2. The first kappa shape index (κ1) is 41.2. The van der Waals surface area contributed by atoms with E-state index in [0.717, 1.165) is 110 Å². The van der Waals surface area contributed by atoms with Crippen LogP contribution in [0.3, 0.4) is 0 Å². The first-order chi connectivity index (χ1) is 29.2. The summed E-state index contributed by atoms with van der Waals surface area (Å²) >= 11 is 0. The summed E-state index contributed by atoms with van der Waals surface area (Å²) in [5, 5.41) is 21.6. The third kappa shape index (κ3) is 8.95. The van der Waals surface area contributed by atoms with Crippen molar-refractivity contribution in [2.75, 3.05) is 63.9 Å². The van der Waals surface area contributed by atoms with Crippen LogP contribution in [0, 0.1) is 5.92 Å². The van der Waals surface area contributed by atoms with Gasteiger partial charge >= 0.3 is 7.12 Å². The van der Waals surface area contributed by atoms with Crippen molar-refractivity contribution >= 4 is 53.0 Å². The van der Waals surface area contributed by atoms with E-state index in [1.165, 1.54) is 5.57 Å². The van der Waals surface area contributed by atoms with Crippen LogP contribution in [0.4, 0.5) is 5.69 Å². The van der Waals surface area contributed by atoms with Crippen LogP contribution in [0.2, 0.25) is 0 Å². The molecular weight excluding hydrogens is 757 g/mol. The van der Waals surface area contributed by atoms with E-state index in [4.69, 9.17) is 4.74 Å². The first-order valence-electron chi connectivity index (χ1n) is 21.2. The highest BCUT2D eigenvalue weighted by Crippen LogP contribution is 2.35. The predicted octanol–water partition coefficient (Wildman–Crippen LogP) is 4.05. The van der Waals surface area contributed by atoms with Gasteiger partial charge < -0.3 is 19.7 Å². The van der Waals surface area contributed by atoms with Crippen LogP contribution >= 0.6 is 0 Å². The number of imide groups is 2. The van der Waals surface area contributed by atoms with Crippen molar-refractivity contribution in [3.63, 3.8) is 0 Å². The molecule has 3 saturated heterocycles. The predicted molar refractivity (Wildman–Crippen MR) is 232 cm³/mol. The Kier molecular flexibility index (Phi) is 12.6. The van der Waals surface area contributed by atoms with Gasteiger partial charge in [-0.25, -0.2) is 0 Å². The number of carbonyl (C=O) groups excluding carboxylic acids is 4. The molecule has 0 aliphatic carbocycles. The van der Waals surface area contributed by atoms with Crippen molar-refractivity contribution in [2.24, 2.45) is 5.92 Å². The highest BCUT2D eigenvalue weighted by Gasteiger charge is 2.45. The summed E-state index contributed by atoms with van der Waals surface area (Å²) in [4.78, 5) is 58.8. The van der Waals surface area contributed by atoms with Crippen molar-refractivity contribution in [1.82, 2.24) is 20.0 Å². The lowest BCUT2D eigenvalue weighted by Gasteiger charge is -2.39. The molecule has 4 aromatic rings. The third-order valence-electron chi connectivity index (χ3n) is 12.5. The maximum atomic E-state index is 13.3. The summed E-state index contributed by atoms with van der Waals surface area (Å²) in [6, 6.07) is 30.5. The minimum atomic E-state index is -1.51. The van der Waals surface area contributed by atoms with Gasteiger partial charge in [0.2, 0.25) is 11.8 Å². The molecule has 60 heavy (non-hydrogen) atoms. The van der Waals surface area contributed by atoms with Crippen LogP contribution in [0.25, 0.3) is 11.1 Å². The number of nitrogens with zero attached hydrogens (tertiary/aromatic N) is 4. The van der Waals surface area contributed by atoms with Gasteiger partial charge in [0.15, 0.2) is 0 Å². The molecule has 0 spiro atoms. The maximum Gasteiger partial charge on any atom is 0.488 e. The van der Waals surface area contributed by atoms with Crippen LogP contribution in [-0.2, 0) is 9.59 Å². The molecule has 4 aromatic carbocycles. The molecule has 12 nitrogen and oxygen atoms in total. The summed E-state index contributed by atoms with van der Waals surface area (Å²) in [6.07, 6.45) is 3.36. The Morgan fingerprint density at radius 2 is 1.40 bits per heavy atom. The van der Waals surface area contributed by atoms with E-state index in [9.17, 15) is 29.2 Å². The van der Waals surface area contributed by atoms with Crippen LogP contribution in [0.15, 0.2) is 97.1 Å². The average Bonchev–Trinajstić information content (AvgIpc) is 3.52. The highest BCUT2D eigenvalue weighted by molar-refractivity contribution is 6.58. The monoisotopic (exact) mass is 809 g/mol. The van der Waals surface area contributed by atoms with E-state index in [1.807, 2.05) is 36.4 Å². The third-order valence-corrected chi connectivity index (χ3v) is 12.5. The van der Waals surface area contributed by atoms with Gasteiger partial charge in [-0.2, -0.15) is 0 Å². The van der Waals surface area contributed by atoms with Crippen LogP contribution in [0.1, 0.15) is 76.4 Å². The Hall–Kier alpha value is -5.60. The highest BCUT2D eigenvalue weighted by atomic mass is 16.5. The number of anilines is 1. The van der Waals surface area contributed by atoms with Gasteiger partial charge in [-0.1, -0.05) is 73.7 Å². The van der Waals surface area contributed by atoms with Gasteiger partial charge in [-0.05, 0) is 108 Å². The second kappa shape index (κ2) is 18.3. The number of hydrogen-bond acceptors (Lipinski definition) is 10. The zero-order chi connectivity index (χ0) is 41.8. The molecule has 13 heteroatoms. The lowest BCUT2D eigenvalue weighted by atomic mass is 9.79. The molecular formula is C47H52BN5O7. The van der Waals surface area contributed by atoms with E-state index < -0.39 is 30.9 Å². The molecule has 0 aromatic heterocycles. The molecule has 0 radical (unpaired) electrons. The van der Waals surface area contributed by atoms with Crippen molar-refractivity contribution in [3.05, 3.63) is 125 Å². The van der Waals surface area contributed by atoms with Gasteiger partial charge in [-0.3, -0.25) is 39.2 Å². The Bertz CT molecular complexity index is 2230. The Morgan fingerprint density at radius 3 is 2.05 bits per heavy atom. The number of fused-ring (bicyclic) bond motifs is 1. The topological polar surface area (TPSA) is 143 Å². The lowest BCUT2D eigenvalue weighted by molar-refractivity contribution is -0.136. The molecule has 3 fully saturated rings. The van der Waals surface area contributed by atoms with Crippen molar-refractivity contribution in [1.29, 1.82) is 0 Å². The van der Waals surface area contributed by atoms with Gasteiger partial charge in [0, 0.05) is 51.4 Å². The molecule has 8 rings (SSSR count). The van der Waals surface area contributed by atoms with E-state index in [1.54, 1.807) is 24.3 Å². The number of nitrogens with one attached hydrogen (secondary N) is 1. The minimum absolute atomic E-state index is 0.0972. The van der Waals surface area contributed by atoms with E-state index in [0.29, 0.717) is 29.1 Å². The Balaban J connectivity index is 0.793. The minimum Gasteiger partial charge on any atom is -0.492 e. The molecule has 0 bridgehead atoms. The first-order valence-corrected chi connectivity index (χ1v) is 21.2. The van der Waals surface area contributed by atoms with Crippen LogP contribution in [-0.4, -0.2) is 121 Å². The fraction of sp³-hybridized carbons (Fsp3) is 0.362. The van der Waals surface area contributed by atoms with Gasteiger partial charge in [0.05, 0.1) is 11.1 Å². The fourth-order valence-electron chi connectivity index (χ4n) is 9.11. The van der Waals surface area contributed by atoms with Gasteiger partial charge in [0.25, 0.3) is 11.8 Å². The number of carbonyl (C=O) groups is 4. The number of ether oxygens (including phenoxy) is 1. The smallest absolute Gasteiger partial charge is 0.488 e. The van der Waals surface area contributed by atoms with Crippen LogP contribution < -0.4 is 20.4 Å². The molecule has 1 atom stereocenters. The summed E-state index contributed by atoms with van der Waals surface area (Å²) in [5.41, 5.74) is 7.53. The number of amides is 4. The number of rotatable bonds is 13. The normalized spacial score (nSPS) is 19.6.